The van der Waals surface area contributed by atoms with Crippen LogP contribution in [0.4, 0.5) is 11.4 Å². The van der Waals surface area contributed by atoms with Crippen LogP contribution in [0.15, 0.2) is 57.7 Å². The minimum atomic E-state index is -0.368. The number of azo groups is 1. The normalized spacial score (nSPS) is 10.9. The summed E-state index contributed by atoms with van der Waals surface area (Å²) in [6, 6.07) is 8.78. The van der Waals surface area contributed by atoms with Crippen molar-refractivity contribution in [2.45, 2.75) is 0 Å². The number of nitrogens with zero attached hydrogens (tertiary/aromatic N) is 3. The van der Waals surface area contributed by atoms with Crippen molar-refractivity contribution in [3.05, 3.63) is 53.1 Å². The Morgan fingerprint density at radius 3 is 2.58 bits per heavy atom. The van der Waals surface area contributed by atoms with Crippen molar-refractivity contribution in [2.75, 3.05) is 14.2 Å². The van der Waals surface area contributed by atoms with Gasteiger partial charge in [0.2, 0.25) is 0 Å². The van der Waals surface area contributed by atoms with Crippen LogP contribution in [0.3, 0.4) is 0 Å². The third-order valence-corrected chi connectivity index (χ3v) is 3.34. The lowest BCUT2D eigenvalue weighted by atomic mass is 10.1. The number of ether oxygens (including phenoxy) is 2. The minimum Gasteiger partial charge on any atom is -0.493 e. The molecule has 0 fully saturated rings. The fourth-order valence-electron chi connectivity index (χ4n) is 2.17. The summed E-state index contributed by atoms with van der Waals surface area (Å²) in [4.78, 5) is 16.0. The fraction of sp³-hybridized carbons (Fsp3) is 0.125. The zero-order chi connectivity index (χ0) is 16.9. The molecule has 8 nitrogen and oxygen atoms in total. The van der Waals surface area contributed by atoms with E-state index in [9.17, 15) is 4.79 Å². The highest BCUT2D eigenvalue weighted by Gasteiger charge is 2.14. The first-order valence-corrected chi connectivity index (χ1v) is 7.07. The fourth-order valence-corrected chi connectivity index (χ4v) is 2.17. The van der Waals surface area contributed by atoms with Crippen molar-refractivity contribution in [2.24, 2.45) is 10.2 Å². The van der Waals surface area contributed by atoms with E-state index in [0.717, 1.165) is 0 Å². The highest BCUT2D eigenvalue weighted by molar-refractivity contribution is 5.73. The number of benzene rings is 1. The Balaban J connectivity index is 2.02. The lowest BCUT2D eigenvalue weighted by Gasteiger charge is -2.08. The average molecular weight is 325 g/mol. The Labute approximate surface area is 137 Å². The SMILES string of the molecule is COc1ccc(-c2[nH][nH]c(=O)c2N=Nc2cccnc2)cc1OC. The Kier molecular flexibility index (Phi) is 4.37. The minimum absolute atomic E-state index is 0.172. The predicted octanol–water partition coefficient (Wildman–Crippen LogP) is 3.20. The summed E-state index contributed by atoms with van der Waals surface area (Å²) in [6.45, 7) is 0. The molecular formula is C16H15N5O3. The van der Waals surface area contributed by atoms with Crippen LogP contribution in [0.2, 0.25) is 0 Å². The molecule has 0 spiro atoms. The Hall–Kier alpha value is -3.42. The van der Waals surface area contributed by atoms with Gasteiger partial charge < -0.3 is 9.47 Å². The molecule has 2 heterocycles. The first-order valence-electron chi connectivity index (χ1n) is 7.07. The quantitative estimate of drug-likeness (QED) is 0.703. The van der Waals surface area contributed by atoms with E-state index < -0.39 is 0 Å². The second-order valence-electron chi connectivity index (χ2n) is 4.78. The second kappa shape index (κ2) is 6.78. The maximum atomic E-state index is 12.0. The van der Waals surface area contributed by atoms with Gasteiger partial charge in [-0.3, -0.25) is 20.0 Å². The number of nitrogens with one attached hydrogen (secondary N) is 2. The van der Waals surface area contributed by atoms with Crippen LogP contribution in [0.5, 0.6) is 11.5 Å². The molecule has 1 aromatic carbocycles. The van der Waals surface area contributed by atoms with Gasteiger partial charge in [0, 0.05) is 11.8 Å². The number of aromatic nitrogens is 3. The largest absolute Gasteiger partial charge is 0.493 e. The van der Waals surface area contributed by atoms with E-state index in [-0.39, 0.29) is 11.2 Å². The Bertz CT molecular complexity index is 915. The van der Waals surface area contributed by atoms with Crippen LogP contribution >= 0.6 is 0 Å². The van der Waals surface area contributed by atoms with Gasteiger partial charge in [-0.05, 0) is 30.3 Å². The summed E-state index contributed by atoms with van der Waals surface area (Å²) in [5, 5.41) is 13.4. The van der Waals surface area contributed by atoms with E-state index in [1.54, 1.807) is 56.9 Å². The van der Waals surface area contributed by atoms with Gasteiger partial charge in [0.05, 0.1) is 26.1 Å². The smallest absolute Gasteiger partial charge is 0.292 e. The van der Waals surface area contributed by atoms with Crippen molar-refractivity contribution < 1.29 is 9.47 Å². The maximum absolute atomic E-state index is 12.0. The van der Waals surface area contributed by atoms with Crippen LogP contribution in [0.25, 0.3) is 11.3 Å². The molecule has 0 saturated carbocycles. The molecule has 0 aliphatic rings. The van der Waals surface area contributed by atoms with Gasteiger partial charge in [-0.25, -0.2) is 0 Å². The van der Waals surface area contributed by atoms with Crippen LogP contribution in [-0.2, 0) is 0 Å². The molecule has 0 aliphatic carbocycles. The molecule has 0 aliphatic heterocycles. The number of rotatable bonds is 5. The number of pyridine rings is 1. The molecule has 0 unspecified atom stereocenters. The second-order valence-corrected chi connectivity index (χ2v) is 4.78. The topological polar surface area (TPSA) is 105 Å². The van der Waals surface area contributed by atoms with E-state index in [0.29, 0.717) is 28.4 Å². The number of aromatic amines is 2. The van der Waals surface area contributed by atoms with Crippen molar-refractivity contribution >= 4 is 11.4 Å². The summed E-state index contributed by atoms with van der Waals surface area (Å²) in [5.74, 6) is 1.14. The number of hydrogen-bond acceptors (Lipinski definition) is 6. The van der Waals surface area contributed by atoms with Gasteiger partial charge in [0.15, 0.2) is 17.2 Å². The van der Waals surface area contributed by atoms with Gasteiger partial charge in [-0.15, -0.1) is 10.2 Å². The Morgan fingerprint density at radius 1 is 1.04 bits per heavy atom. The van der Waals surface area contributed by atoms with Crippen LogP contribution < -0.4 is 15.0 Å². The third kappa shape index (κ3) is 3.02. The van der Waals surface area contributed by atoms with Crippen molar-refractivity contribution in [3.8, 4) is 22.8 Å². The number of H-pyrrole nitrogens is 2. The van der Waals surface area contributed by atoms with Crippen LogP contribution in [-0.4, -0.2) is 29.4 Å². The summed E-state index contributed by atoms with van der Waals surface area (Å²) in [6.07, 6.45) is 3.19. The van der Waals surface area contributed by atoms with Crippen LogP contribution in [0, 0.1) is 0 Å². The summed E-state index contributed by atoms with van der Waals surface area (Å²) in [5.41, 5.74) is 1.58. The zero-order valence-electron chi connectivity index (χ0n) is 13.1. The molecule has 0 saturated heterocycles. The molecular weight excluding hydrogens is 310 g/mol. The van der Waals surface area contributed by atoms with E-state index in [1.165, 1.54) is 0 Å². The Morgan fingerprint density at radius 2 is 1.88 bits per heavy atom. The molecule has 3 rings (SSSR count). The molecule has 0 radical (unpaired) electrons. The molecule has 2 N–H and O–H groups in total. The van der Waals surface area contributed by atoms with Crippen molar-refractivity contribution in [1.29, 1.82) is 0 Å². The van der Waals surface area contributed by atoms with Gasteiger partial charge in [0.25, 0.3) is 5.56 Å². The molecule has 3 aromatic rings. The summed E-state index contributed by atoms with van der Waals surface area (Å²) >= 11 is 0. The molecule has 0 atom stereocenters. The highest BCUT2D eigenvalue weighted by Crippen LogP contribution is 2.34. The lowest BCUT2D eigenvalue weighted by molar-refractivity contribution is 0.355. The van der Waals surface area contributed by atoms with Crippen molar-refractivity contribution in [3.63, 3.8) is 0 Å². The standard InChI is InChI=1S/C16H15N5O3/c1-23-12-6-5-10(8-13(12)24-2)14-15(16(22)21-19-14)20-18-11-4-3-7-17-9-11/h3-9H,1-2H3,(H2,19,21,22). The lowest BCUT2D eigenvalue weighted by Crippen LogP contribution is -1.96. The monoisotopic (exact) mass is 325 g/mol. The van der Waals surface area contributed by atoms with E-state index in [4.69, 9.17) is 9.47 Å². The molecule has 0 bridgehead atoms. The molecule has 24 heavy (non-hydrogen) atoms. The maximum Gasteiger partial charge on any atom is 0.292 e. The highest BCUT2D eigenvalue weighted by atomic mass is 16.5. The molecule has 2 aromatic heterocycles. The zero-order valence-corrected chi connectivity index (χ0v) is 13.1. The van der Waals surface area contributed by atoms with Gasteiger partial charge in [0.1, 0.15) is 5.69 Å². The molecule has 122 valence electrons. The van der Waals surface area contributed by atoms with E-state index >= 15 is 0 Å². The first kappa shape index (κ1) is 15.5. The summed E-state index contributed by atoms with van der Waals surface area (Å²) in [7, 11) is 3.10. The van der Waals surface area contributed by atoms with Gasteiger partial charge in [-0.1, -0.05) is 0 Å². The predicted molar refractivity (Wildman–Crippen MR) is 88.4 cm³/mol. The number of hydrogen-bond donors (Lipinski definition) is 2. The van der Waals surface area contributed by atoms with E-state index in [1.807, 2.05) is 0 Å². The van der Waals surface area contributed by atoms with Crippen molar-refractivity contribution in [1.82, 2.24) is 15.2 Å². The number of methoxy groups -OCH3 is 2. The molecule has 8 heteroatoms. The van der Waals surface area contributed by atoms with Gasteiger partial charge >= 0.3 is 0 Å². The molecule has 0 amide bonds. The van der Waals surface area contributed by atoms with Gasteiger partial charge in [-0.2, -0.15) is 0 Å². The third-order valence-electron chi connectivity index (χ3n) is 3.34. The first-order chi connectivity index (χ1) is 11.7. The van der Waals surface area contributed by atoms with E-state index in [2.05, 4.69) is 25.4 Å². The van der Waals surface area contributed by atoms with Crippen LogP contribution in [0.1, 0.15) is 0 Å². The summed E-state index contributed by atoms with van der Waals surface area (Å²) < 4.78 is 10.5. The average Bonchev–Trinajstić information content (AvgIpc) is 3.00.